The van der Waals surface area contributed by atoms with Crippen molar-refractivity contribution in [2.75, 3.05) is 19.6 Å². The van der Waals surface area contributed by atoms with E-state index in [2.05, 4.69) is 4.98 Å². The van der Waals surface area contributed by atoms with Gasteiger partial charge in [0.25, 0.3) is 0 Å². The van der Waals surface area contributed by atoms with Crippen molar-refractivity contribution in [3.63, 3.8) is 0 Å². The number of thiazole rings is 1. The maximum Gasteiger partial charge on any atom is 0.205 e. The highest BCUT2D eigenvalue weighted by Crippen LogP contribution is 2.11. The lowest BCUT2D eigenvalue weighted by atomic mass is 10.1. The number of rotatable bonds is 3. The summed E-state index contributed by atoms with van der Waals surface area (Å²) >= 11 is 1.37. The van der Waals surface area contributed by atoms with E-state index >= 15 is 0 Å². The maximum absolute atomic E-state index is 11.7. The van der Waals surface area contributed by atoms with Crippen LogP contribution in [-0.2, 0) is 0 Å². The standard InChI is InChI=1S/C10H14N2O2S/c13-8-2-1-4-12(6-8)7-9(14)10-11-3-5-15-10/h3,5,8,13H,1-2,4,6-7H2. The zero-order chi connectivity index (χ0) is 10.7. The first kappa shape index (κ1) is 10.7. The van der Waals surface area contributed by atoms with Gasteiger partial charge in [0.1, 0.15) is 0 Å². The first-order chi connectivity index (χ1) is 7.25. The third kappa shape index (κ3) is 2.84. The summed E-state index contributed by atoms with van der Waals surface area (Å²) in [6.07, 6.45) is 3.18. The lowest BCUT2D eigenvalue weighted by molar-refractivity contribution is 0.0634. The van der Waals surface area contributed by atoms with Crippen LogP contribution in [0.2, 0.25) is 0 Å². The van der Waals surface area contributed by atoms with Gasteiger partial charge in [0.2, 0.25) is 5.78 Å². The fraction of sp³-hybridized carbons (Fsp3) is 0.600. The normalized spacial score (nSPS) is 22.9. The molecule has 0 aromatic carbocycles. The summed E-state index contributed by atoms with van der Waals surface area (Å²) in [4.78, 5) is 17.7. The molecular weight excluding hydrogens is 212 g/mol. The molecule has 2 rings (SSSR count). The second kappa shape index (κ2) is 4.83. The highest BCUT2D eigenvalue weighted by molar-refractivity contribution is 7.11. The van der Waals surface area contributed by atoms with Gasteiger partial charge in [-0.05, 0) is 19.4 Å². The van der Waals surface area contributed by atoms with Gasteiger partial charge in [-0.15, -0.1) is 11.3 Å². The predicted octanol–water partition coefficient (Wildman–Crippen LogP) is 0.782. The Morgan fingerprint density at radius 3 is 3.27 bits per heavy atom. The minimum Gasteiger partial charge on any atom is -0.392 e. The molecule has 1 fully saturated rings. The van der Waals surface area contributed by atoms with Gasteiger partial charge >= 0.3 is 0 Å². The van der Waals surface area contributed by atoms with Crippen LogP contribution in [0.4, 0.5) is 0 Å². The Morgan fingerprint density at radius 2 is 2.60 bits per heavy atom. The summed E-state index contributed by atoms with van der Waals surface area (Å²) < 4.78 is 0. The van der Waals surface area contributed by atoms with Crippen molar-refractivity contribution in [1.82, 2.24) is 9.88 Å². The zero-order valence-electron chi connectivity index (χ0n) is 8.43. The van der Waals surface area contributed by atoms with Crippen molar-refractivity contribution in [2.24, 2.45) is 0 Å². The first-order valence-electron chi connectivity index (χ1n) is 5.09. The molecule has 0 amide bonds. The number of likely N-dealkylation sites (tertiary alicyclic amines) is 1. The Balaban J connectivity index is 1.89. The quantitative estimate of drug-likeness (QED) is 0.774. The zero-order valence-corrected chi connectivity index (χ0v) is 9.24. The van der Waals surface area contributed by atoms with Crippen LogP contribution >= 0.6 is 11.3 Å². The number of carbonyl (C=O) groups is 1. The van der Waals surface area contributed by atoms with Gasteiger partial charge in [-0.1, -0.05) is 0 Å². The van der Waals surface area contributed by atoms with Crippen molar-refractivity contribution in [3.05, 3.63) is 16.6 Å². The fourth-order valence-electron chi connectivity index (χ4n) is 1.81. The third-order valence-corrected chi connectivity index (χ3v) is 3.33. The predicted molar refractivity (Wildman–Crippen MR) is 58.1 cm³/mol. The van der Waals surface area contributed by atoms with Crippen LogP contribution in [0.15, 0.2) is 11.6 Å². The lowest BCUT2D eigenvalue weighted by Gasteiger charge is -2.28. The molecule has 0 radical (unpaired) electrons. The Hall–Kier alpha value is -0.780. The van der Waals surface area contributed by atoms with Gasteiger partial charge in [0, 0.05) is 18.1 Å². The fourth-order valence-corrected chi connectivity index (χ4v) is 2.37. The molecule has 1 saturated heterocycles. The van der Waals surface area contributed by atoms with Crippen molar-refractivity contribution < 1.29 is 9.90 Å². The SMILES string of the molecule is O=C(CN1CCCC(O)C1)c1nccs1. The van der Waals surface area contributed by atoms with E-state index < -0.39 is 0 Å². The topological polar surface area (TPSA) is 53.4 Å². The van der Waals surface area contributed by atoms with Gasteiger partial charge in [0.15, 0.2) is 5.01 Å². The van der Waals surface area contributed by atoms with E-state index in [1.54, 1.807) is 11.6 Å². The summed E-state index contributed by atoms with van der Waals surface area (Å²) in [6, 6.07) is 0. The number of ketones is 1. The number of nitrogens with zero attached hydrogens (tertiary/aromatic N) is 2. The van der Waals surface area contributed by atoms with Crippen LogP contribution in [0.5, 0.6) is 0 Å². The molecule has 1 aliphatic rings. The molecule has 82 valence electrons. The van der Waals surface area contributed by atoms with Gasteiger partial charge in [-0.2, -0.15) is 0 Å². The van der Waals surface area contributed by atoms with Crippen LogP contribution in [0, 0.1) is 0 Å². The van der Waals surface area contributed by atoms with Crippen LogP contribution in [0.25, 0.3) is 0 Å². The summed E-state index contributed by atoms with van der Waals surface area (Å²) in [5, 5.41) is 11.8. The third-order valence-electron chi connectivity index (χ3n) is 2.52. The molecule has 15 heavy (non-hydrogen) atoms. The van der Waals surface area contributed by atoms with E-state index in [1.807, 2.05) is 4.90 Å². The van der Waals surface area contributed by atoms with Crippen LogP contribution in [0.3, 0.4) is 0 Å². The summed E-state index contributed by atoms with van der Waals surface area (Å²) in [7, 11) is 0. The molecule has 0 bridgehead atoms. The Morgan fingerprint density at radius 1 is 1.73 bits per heavy atom. The molecular formula is C10H14N2O2S. The van der Waals surface area contributed by atoms with E-state index in [-0.39, 0.29) is 11.9 Å². The molecule has 1 atom stereocenters. The van der Waals surface area contributed by atoms with E-state index in [0.717, 1.165) is 19.4 Å². The number of carbonyl (C=O) groups excluding carboxylic acids is 1. The van der Waals surface area contributed by atoms with Gasteiger partial charge < -0.3 is 5.11 Å². The first-order valence-corrected chi connectivity index (χ1v) is 5.97. The number of aliphatic hydroxyl groups is 1. The molecule has 1 N–H and O–H groups in total. The Kier molecular flexibility index (Phi) is 3.45. The number of hydrogen-bond acceptors (Lipinski definition) is 5. The Bertz CT molecular complexity index is 326. The summed E-state index contributed by atoms with van der Waals surface area (Å²) in [5.41, 5.74) is 0. The summed E-state index contributed by atoms with van der Waals surface area (Å²) in [6.45, 7) is 1.88. The van der Waals surface area contributed by atoms with E-state index in [1.165, 1.54) is 11.3 Å². The molecule has 5 heteroatoms. The van der Waals surface area contributed by atoms with Crippen molar-refractivity contribution in [2.45, 2.75) is 18.9 Å². The molecule has 0 spiro atoms. The molecule has 2 heterocycles. The second-order valence-electron chi connectivity index (χ2n) is 3.79. The van der Waals surface area contributed by atoms with Crippen molar-refractivity contribution >= 4 is 17.1 Å². The molecule has 1 aliphatic heterocycles. The van der Waals surface area contributed by atoms with Crippen LogP contribution in [-0.4, -0.2) is 46.5 Å². The van der Waals surface area contributed by atoms with E-state index in [0.29, 0.717) is 18.1 Å². The monoisotopic (exact) mass is 226 g/mol. The minimum absolute atomic E-state index is 0.0547. The van der Waals surface area contributed by atoms with Gasteiger partial charge in [-0.3, -0.25) is 9.69 Å². The van der Waals surface area contributed by atoms with E-state index in [9.17, 15) is 9.90 Å². The van der Waals surface area contributed by atoms with Gasteiger partial charge in [0.05, 0.1) is 12.6 Å². The number of aromatic nitrogens is 1. The number of β-amino-alcohol motifs (C(OH)–C–C–N with tert-alkyl or cyclic N) is 1. The summed E-state index contributed by atoms with van der Waals surface area (Å²) in [5.74, 6) is 0.0547. The van der Waals surface area contributed by atoms with Gasteiger partial charge in [-0.25, -0.2) is 4.98 Å². The number of aliphatic hydroxyl groups excluding tert-OH is 1. The van der Waals surface area contributed by atoms with E-state index in [4.69, 9.17) is 0 Å². The second-order valence-corrected chi connectivity index (χ2v) is 4.69. The average molecular weight is 226 g/mol. The number of hydrogen-bond donors (Lipinski definition) is 1. The molecule has 1 unspecified atom stereocenters. The highest BCUT2D eigenvalue weighted by Gasteiger charge is 2.20. The average Bonchev–Trinajstić information content (AvgIpc) is 2.70. The van der Waals surface area contributed by atoms with Crippen LogP contribution < -0.4 is 0 Å². The van der Waals surface area contributed by atoms with Crippen molar-refractivity contribution in [3.8, 4) is 0 Å². The van der Waals surface area contributed by atoms with Crippen molar-refractivity contribution in [1.29, 1.82) is 0 Å². The minimum atomic E-state index is -0.275. The maximum atomic E-state index is 11.7. The molecule has 1 aromatic rings. The molecule has 1 aromatic heterocycles. The molecule has 0 aliphatic carbocycles. The smallest absolute Gasteiger partial charge is 0.205 e. The largest absolute Gasteiger partial charge is 0.392 e. The molecule has 4 nitrogen and oxygen atoms in total. The lowest BCUT2D eigenvalue weighted by Crippen LogP contribution is -2.41. The number of Topliss-reactive ketones (excluding diaryl/α,β-unsaturated/α-hetero) is 1. The molecule has 0 saturated carbocycles. The number of piperidine rings is 1. The highest BCUT2D eigenvalue weighted by atomic mass is 32.1. The Labute approximate surface area is 92.6 Å². The van der Waals surface area contributed by atoms with Crippen LogP contribution in [0.1, 0.15) is 22.6 Å².